The predicted octanol–water partition coefficient (Wildman–Crippen LogP) is 2.16. The summed E-state index contributed by atoms with van der Waals surface area (Å²) >= 11 is 6.05. The number of anilines is 1. The van der Waals surface area contributed by atoms with E-state index in [9.17, 15) is 9.59 Å². The molecule has 0 bridgehead atoms. The van der Waals surface area contributed by atoms with Crippen molar-refractivity contribution in [3.05, 3.63) is 53.1 Å². The topological polar surface area (TPSA) is 113 Å². The van der Waals surface area contributed by atoms with E-state index < -0.39 is 11.9 Å². The smallest absolute Gasteiger partial charge is 0.252 e. The van der Waals surface area contributed by atoms with Crippen LogP contribution < -0.4 is 25.5 Å². The third-order valence-electron chi connectivity index (χ3n) is 4.15. The van der Waals surface area contributed by atoms with E-state index in [-0.39, 0.29) is 18.3 Å². The van der Waals surface area contributed by atoms with Gasteiger partial charge in [0.2, 0.25) is 11.9 Å². The fourth-order valence-electron chi connectivity index (χ4n) is 2.69. The maximum absolute atomic E-state index is 12.3. The lowest BCUT2D eigenvalue weighted by Crippen LogP contribution is -2.35. The number of amides is 2. The predicted molar refractivity (Wildman–Crippen MR) is 114 cm³/mol. The van der Waals surface area contributed by atoms with Gasteiger partial charge in [0.15, 0.2) is 11.5 Å². The summed E-state index contributed by atoms with van der Waals surface area (Å²) in [5.74, 6) is 0.421. The highest BCUT2D eigenvalue weighted by atomic mass is 35.5. The molecule has 2 aromatic carbocycles. The van der Waals surface area contributed by atoms with E-state index in [1.165, 1.54) is 20.4 Å². The summed E-state index contributed by atoms with van der Waals surface area (Å²) in [4.78, 5) is 28.6. The van der Waals surface area contributed by atoms with Gasteiger partial charge in [-0.25, -0.2) is 10.4 Å². The van der Waals surface area contributed by atoms with E-state index >= 15 is 0 Å². The highest BCUT2D eigenvalue weighted by Crippen LogP contribution is 2.29. The normalized spacial score (nSPS) is 15.5. The molecule has 156 valence electrons. The van der Waals surface area contributed by atoms with E-state index in [1.807, 2.05) is 12.1 Å². The highest BCUT2D eigenvalue weighted by molar-refractivity contribution is 6.33. The zero-order valence-electron chi connectivity index (χ0n) is 16.3. The van der Waals surface area contributed by atoms with E-state index in [1.54, 1.807) is 30.3 Å². The van der Waals surface area contributed by atoms with Gasteiger partial charge < -0.3 is 14.8 Å². The number of guanidine groups is 1. The minimum absolute atomic E-state index is 0.125. The SMILES string of the molecule is COc1ccc(NC(=O)CC2N=C(N/N=C/c3ccccc3Cl)NC2=O)cc1OC. The number of aliphatic imine (C=N–C) groups is 1. The lowest BCUT2D eigenvalue weighted by Gasteiger charge is -2.11. The number of nitrogens with one attached hydrogen (secondary N) is 3. The maximum Gasteiger partial charge on any atom is 0.252 e. The second-order valence-corrected chi connectivity index (χ2v) is 6.60. The molecule has 1 unspecified atom stereocenters. The summed E-state index contributed by atoms with van der Waals surface area (Å²) in [6, 6.07) is 11.3. The average Bonchev–Trinajstić information content (AvgIpc) is 3.08. The van der Waals surface area contributed by atoms with Crippen LogP contribution in [0.2, 0.25) is 5.02 Å². The molecule has 3 rings (SSSR count). The molecule has 1 aliphatic rings. The molecule has 9 nitrogen and oxygen atoms in total. The van der Waals surface area contributed by atoms with Crippen LogP contribution in [0.25, 0.3) is 0 Å². The Balaban J connectivity index is 1.57. The summed E-state index contributed by atoms with van der Waals surface area (Å²) in [5, 5.41) is 9.81. The summed E-state index contributed by atoms with van der Waals surface area (Å²) < 4.78 is 10.4. The average molecular weight is 430 g/mol. The first-order valence-corrected chi connectivity index (χ1v) is 9.32. The Morgan fingerprint density at radius 2 is 2.00 bits per heavy atom. The van der Waals surface area contributed by atoms with Crippen molar-refractivity contribution in [1.82, 2.24) is 10.7 Å². The summed E-state index contributed by atoms with van der Waals surface area (Å²) in [6.07, 6.45) is 1.38. The molecule has 2 amide bonds. The van der Waals surface area contributed by atoms with E-state index in [0.717, 1.165) is 0 Å². The third-order valence-corrected chi connectivity index (χ3v) is 4.50. The number of benzene rings is 2. The lowest BCUT2D eigenvalue weighted by atomic mass is 10.2. The maximum atomic E-state index is 12.3. The summed E-state index contributed by atoms with van der Waals surface area (Å²) in [7, 11) is 3.03. The molecule has 1 atom stereocenters. The van der Waals surface area contributed by atoms with Crippen LogP contribution in [0.15, 0.2) is 52.6 Å². The zero-order valence-corrected chi connectivity index (χ0v) is 17.1. The molecule has 3 N–H and O–H groups in total. The molecular formula is C20H20ClN5O4. The van der Waals surface area contributed by atoms with E-state index in [0.29, 0.717) is 27.8 Å². The van der Waals surface area contributed by atoms with Crippen LogP contribution in [0.1, 0.15) is 12.0 Å². The number of ether oxygens (including phenoxy) is 2. The number of halogens is 1. The number of nitrogens with zero attached hydrogens (tertiary/aromatic N) is 2. The number of carbonyl (C=O) groups excluding carboxylic acids is 2. The molecule has 2 aromatic rings. The van der Waals surface area contributed by atoms with Crippen molar-refractivity contribution < 1.29 is 19.1 Å². The van der Waals surface area contributed by atoms with Crippen molar-refractivity contribution in [2.24, 2.45) is 10.1 Å². The first-order valence-electron chi connectivity index (χ1n) is 8.94. The van der Waals surface area contributed by atoms with Gasteiger partial charge in [0, 0.05) is 22.3 Å². The first kappa shape index (κ1) is 21.1. The van der Waals surface area contributed by atoms with Crippen LogP contribution in [0, 0.1) is 0 Å². The van der Waals surface area contributed by atoms with Gasteiger partial charge >= 0.3 is 0 Å². The van der Waals surface area contributed by atoms with Crippen molar-refractivity contribution in [1.29, 1.82) is 0 Å². The molecular weight excluding hydrogens is 410 g/mol. The fraction of sp³-hybridized carbons (Fsp3) is 0.200. The number of carbonyl (C=O) groups is 2. The van der Waals surface area contributed by atoms with Crippen LogP contribution in [0.4, 0.5) is 5.69 Å². The number of hydrazone groups is 1. The Labute approximate surface area is 178 Å². The van der Waals surface area contributed by atoms with Gasteiger partial charge in [0.1, 0.15) is 6.04 Å². The molecule has 30 heavy (non-hydrogen) atoms. The second kappa shape index (κ2) is 9.75. The minimum Gasteiger partial charge on any atom is -0.493 e. The zero-order chi connectivity index (χ0) is 21.5. The number of hydrogen-bond acceptors (Lipinski definition) is 7. The van der Waals surface area contributed by atoms with Gasteiger partial charge in [-0.15, -0.1) is 0 Å². The monoisotopic (exact) mass is 429 g/mol. The standard InChI is InChI=1S/C20H20ClN5O4/c1-29-16-8-7-13(9-17(16)30-2)23-18(27)10-15-19(28)25-20(24-15)26-22-11-12-5-3-4-6-14(12)21/h3-9,11,15H,10H2,1-2H3,(H,23,27)(H2,24,25,26,28)/b22-11+. The van der Waals surface area contributed by atoms with Crippen molar-refractivity contribution in [3.63, 3.8) is 0 Å². The summed E-state index contributed by atoms with van der Waals surface area (Å²) in [5.41, 5.74) is 3.86. The molecule has 0 fully saturated rings. The second-order valence-electron chi connectivity index (χ2n) is 6.20. The van der Waals surface area contributed by atoms with Gasteiger partial charge in [-0.2, -0.15) is 5.10 Å². The fourth-order valence-corrected chi connectivity index (χ4v) is 2.87. The van der Waals surface area contributed by atoms with E-state index in [2.05, 4.69) is 26.2 Å². The Morgan fingerprint density at radius 1 is 1.23 bits per heavy atom. The van der Waals surface area contributed by atoms with E-state index in [4.69, 9.17) is 21.1 Å². The quantitative estimate of drug-likeness (QED) is 0.461. The van der Waals surface area contributed by atoms with Gasteiger partial charge in [-0.1, -0.05) is 29.8 Å². The van der Waals surface area contributed by atoms with Gasteiger partial charge in [-0.3, -0.25) is 14.9 Å². The molecule has 1 aliphatic heterocycles. The van der Waals surface area contributed by atoms with Crippen LogP contribution in [-0.2, 0) is 9.59 Å². The number of hydrogen-bond donors (Lipinski definition) is 3. The molecule has 0 radical (unpaired) electrons. The molecule has 1 heterocycles. The van der Waals surface area contributed by atoms with Crippen LogP contribution in [-0.4, -0.2) is 44.2 Å². The van der Waals surface area contributed by atoms with Crippen molar-refractivity contribution in [2.75, 3.05) is 19.5 Å². The Morgan fingerprint density at radius 3 is 2.73 bits per heavy atom. The molecule has 0 saturated carbocycles. The molecule has 0 spiro atoms. The van der Waals surface area contributed by atoms with Crippen LogP contribution in [0.5, 0.6) is 11.5 Å². The van der Waals surface area contributed by atoms with Gasteiger partial charge in [0.25, 0.3) is 5.91 Å². The van der Waals surface area contributed by atoms with Crippen LogP contribution in [0.3, 0.4) is 0 Å². The minimum atomic E-state index is -0.858. The summed E-state index contributed by atoms with van der Waals surface area (Å²) in [6.45, 7) is 0. The lowest BCUT2D eigenvalue weighted by molar-refractivity contribution is -0.123. The Kier molecular flexibility index (Phi) is 6.87. The molecule has 0 aliphatic carbocycles. The van der Waals surface area contributed by atoms with Crippen molar-refractivity contribution in [2.45, 2.75) is 12.5 Å². The number of methoxy groups -OCH3 is 2. The largest absolute Gasteiger partial charge is 0.493 e. The Bertz CT molecular complexity index is 1010. The molecule has 0 aromatic heterocycles. The Hall–Kier alpha value is -3.59. The first-order chi connectivity index (χ1) is 14.5. The van der Waals surface area contributed by atoms with Crippen molar-refractivity contribution >= 4 is 41.3 Å². The van der Waals surface area contributed by atoms with Crippen LogP contribution >= 0.6 is 11.6 Å². The van der Waals surface area contributed by atoms with Crippen molar-refractivity contribution in [3.8, 4) is 11.5 Å². The van der Waals surface area contributed by atoms with Gasteiger partial charge in [0.05, 0.1) is 26.9 Å². The number of rotatable bonds is 7. The third kappa shape index (κ3) is 5.26. The van der Waals surface area contributed by atoms with Gasteiger partial charge in [-0.05, 0) is 18.2 Å². The highest BCUT2D eigenvalue weighted by Gasteiger charge is 2.28. The molecule has 10 heteroatoms. The molecule has 0 saturated heterocycles.